The van der Waals surface area contributed by atoms with Crippen molar-refractivity contribution in [3.8, 4) is 11.8 Å². The molecule has 7 heteroatoms. The molecule has 0 saturated carbocycles. The fourth-order valence-electron chi connectivity index (χ4n) is 1.72. The van der Waals surface area contributed by atoms with Gasteiger partial charge in [0.05, 0.1) is 25.7 Å². The first kappa shape index (κ1) is 21.9. The van der Waals surface area contributed by atoms with Crippen LogP contribution in [-0.2, 0) is 23.8 Å². The second kappa shape index (κ2) is 13.1. The Morgan fingerprint density at radius 1 is 1.07 bits per heavy atom. The summed E-state index contributed by atoms with van der Waals surface area (Å²) >= 11 is 0. The van der Waals surface area contributed by atoms with Gasteiger partial charge in [0.25, 0.3) is 0 Å². The van der Waals surface area contributed by atoms with Crippen LogP contribution in [0.2, 0.25) is 0 Å². The molecule has 7 nitrogen and oxygen atoms in total. The largest absolute Gasteiger partial charge is 0.491 e. The van der Waals surface area contributed by atoms with Gasteiger partial charge >= 0.3 is 11.9 Å². The lowest BCUT2D eigenvalue weighted by molar-refractivity contribution is -0.140. The van der Waals surface area contributed by atoms with Gasteiger partial charge in [-0.3, -0.25) is 0 Å². The van der Waals surface area contributed by atoms with Gasteiger partial charge in [-0.1, -0.05) is 18.7 Å². The van der Waals surface area contributed by atoms with Gasteiger partial charge in [0.2, 0.25) is 0 Å². The molecule has 0 aromatic heterocycles. The number of nitriles is 1. The van der Waals surface area contributed by atoms with Crippen LogP contribution in [0.4, 0.5) is 0 Å². The zero-order chi connectivity index (χ0) is 19.9. The number of hydrogen-bond acceptors (Lipinski definition) is 7. The predicted molar refractivity (Wildman–Crippen MR) is 98.8 cm³/mol. The summed E-state index contributed by atoms with van der Waals surface area (Å²) in [5.41, 5.74) is 1.17. The monoisotopic (exact) mass is 373 g/mol. The lowest BCUT2D eigenvalue weighted by atomic mass is 10.2. The molecular weight excluding hydrogens is 350 g/mol. The number of carbonyl (C=O) groups excluding carboxylic acids is 2. The number of nitrogens with zero attached hydrogens (tertiary/aromatic N) is 1. The molecule has 0 fully saturated rings. The fourth-order valence-corrected chi connectivity index (χ4v) is 1.72. The Morgan fingerprint density at radius 2 is 1.78 bits per heavy atom. The molecule has 1 aromatic rings. The van der Waals surface area contributed by atoms with Crippen LogP contribution in [0.15, 0.2) is 42.5 Å². The zero-order valence-electron chi connectivity index (χ0n) is 15.3. The summed E-state index contributed by atoms with van der Waals surface area (Å²) in [6.07, 6.45) is 3.10. The van der Waals surface area contributed by atoms with Crippen molar-refractivity contribution in [3.63, 3.8) is 0 Å². The van der Waals surface area contributed by atoms with Gasteiger partial charge in [0, 0.05) is 11.6 Å². The maximum absolute atomic E-state index is 11.4. The lowest BCUT2D eigenvalue weighted by Crippen LogP contribution is -2.13. The van der Waals surface area contributed by atoms with E-state index in [4.69, 9.17) is 24.2 Å². The molecule has 0 N–H and O–H groups in total. The van der Waals surface area contributed by atoms with Crippen LogP contribution in [0.1, 0.15) is 18.9 Å². The van der Waals surface area contributed by atoms with Gasteiger partial charge < -0.3 is 18.9 Å². The van der Waals surface area contributed by atoms with Crippen molar-refractivity contribution in [2.75, 3.05) is 33.0 Å². The van der Waals surface area contributed by atoms with Crippen LogP contribution >= 0.6 is 0 Å². The smallest absolute Gasteiger partial charge is 0.333 e. The van der Waals surface area contributed by atoms with Crippen LogP contribution in [0.5, 0.6) is 5.75 Å². The topological polar surface area (TPSA) is 94.8 Å². The SMILES string of the molecule is C=C(C)C(=O)OCCOCCOc1ccc(/C=C/C(=O)OCCC#N)cc1. The van der Waals surface area contributed by atoms with Crippen molar-refractivity contribution in [2.24, 2.45) is 0 Å². The molecule has 0 saturated heterocycles. The van der Waals surface area contributed by atoms with E-state index in [1.54, 1.807) is 37.3 Å². The first-order valence-corrected chi connectivity index (χ1v) is 8.38. The number of benzene rings is 1. The Bertz CT molecular complexity index is 687. The molecule has 144 valence electrons. The molecule has 0 heterocycles. The van der Waals surface area contributed by atoms with Crippen LogP contribution in [-0.4, -0.2) is 45.0 Å². The number of hydrogen-bond donors (Lipinski definition) is 0. The zero-order valence-corrected chi connectivity index (χ0v) is 15.3. The van der Waals surface area contributed by atoms with Crippen molar-refractivity contribution in [2.45, 2.75) is 13.3 Å². The Hall–Kier alpha value is -3.11. The summed E-state index contributed by atoms with van der Waals surface area (Å²) in [6.45, 7) is 6.34. The Balaban J connectivity index is 2.19. The standard InChI is InChI=1S/C20H23NO6/c1-16(2)20(23)27-15-13-24-12-14-25-18-7-4-17(5-8-18)6-9-19(22)26-11-3-10-21/h4-9H,1,3,11-15H2,2H3/b9-6+. The van der Waals surface area contributed by atoms with Gasteiger partial charge in [0.1, 0.15) is 25.6 Å². The average molecular weight is 373 g/mol. The van der Waals surface area contributed by atoms with Gasteiger partial charge in [-0.2, -0.15) is 5.26 Å². The van der Waals surface area contributed by atoms with Crippen LogP contribution in [0.3, 0.4) is 0 Å². The summed E-state index contributed by atoms with van der Waals surface area (Å²) < 4.78 is 20.5. The first-order valence-electron chi connectivity index (χ1n) is 8.38. The van der Waals surface area contributed by atoms with Crippen molar-refractivity contribution in [1.82, 2.24) is 0 Å². The molecule has 27 heavy (non-hydrogen) atoms. The minimum Gasteiger partial charge on any atom is -0.491 e. The fraction of sp³-hybridized carbons (Fsp3) is 0.350. The van der Waals surface area contributed by atoms with Crippen molar-refractivity contribution >= 4 is 18.0 Å². The molecule has 1 aromatic carbocycles. The van der Waals surface area contributed by atoms with E-state index in [1.165, 1.54) is 6.08 Å². The van der Waals surface area contributed by atoms with Crippen molar-refractivity contribution in [1.29, 1.82) is 5.26 Å². The van der Waals surface area contributed by atoms with Gasteiger partial charge in [-0.25, -0.2) is 9.59 Å². The van der Waals surface area contributed by atoms with Crippen LogP contribution < -0.4 is 4.74 Å². The maximum atomic E-state index is 11.4. The van der Waals surface area contributed by atoms with E-state index in [9.17, 15) is 9.59 Å². The van der Waals surface area contributed by atoms with Gasteiger partial charge in [-0.05, 0) is 30.7 Å². The van der Waals surface area contributed by atoms with Crippen molar-refractivity contribution in [3.05, 3.63) is 48.1 Å². The number of esters is 2. The molecule has 0 bridgehead atoms. The quantitative estimate of drug-likeness (QED) is 0.316. The van der Waals surface area contributed by atoms with E-state index >= 15 is 0 Å². The summed E-state index contributed by atoms with van der Waals surface area (Å²) in [5.74, 6) is -0.253. The third-order valence-corrected chi connectivity index (χ3v) is 3.06. The summed E-state index contributed by atoms with van der Waals surface area (Å²) in [4.78, 5) is 22.5. The highest BCUT2D eigenvalue weighted by Gasteiger charge is 2.02. The predicted octanol–water partition coefficient (Wildman–Crippen LogP) is 2.67. The van der Waals surface area contributed by atoms with E-state index in [1.807, 2.05) is 6.07 Å². The normalized spacial score (nSPS) is 10.2. The summed E-state index contributed by atoms with van der Waals surface area (Å²) in [7, 11) is 0. The van der Waals surface area contributed by atoms with Crippen molar-refractivity contribution < 1.29 is 28.5 Å². The van der Waals surface area contributed by atoms with E-state index in [0.29, 0.717) is 24.5 Å². The molecule has 0 spiro atoms. The second-order valence-corrected chi connectivity index (χ2v) is 5.36. The van der Waals surface area contributed by atoms with E-state index in [-0.39, 0.29) is 26.2 Å². The van der Waals surface area contributed by atoms with E-state index < -0.39 is 11.9 Å². The number of ether oxygens (including phenoxy) is 4. The summed E-state index contributed by atoms with van der Waals surface area (Å²) in [5, 5.41) is 8.37. The third kappa shape index (κ3) is 10.5. The van der Waals surface area contributed by atoms with Gasteiger partial charge in [0.15, 0.2) is 0 Å². The average Bonchev–Trinajstić information content (AvgIpc) is 2.66. The minimum absolute atomic E-state index is 0.0881. The summed E-state index contributed by atoms with van der Waals surface area (Å²) in [6, 6.07) is 9.04. The molecule has 0 unspecified atom stereocenters. The highest BCUT2D eigenvalue weighted by atomic mass is 16.6. The second-order valence-electron chi connectivity index (χ2n) is 5.36. The molecule has 0 amide bonds. The molecular formula is C20H23NO6. The Morgan fingerprint density at radius 3 is 2.44 bits per heavy atom. The molecule has 0 atom stereocenters. The van der Waals surface area contributed by atoms with E-state index in [0.717, 1.165) is 5.56 Å². The lowest BCUT2D eigenvalue weighted by Gasteiger charge is -2.08. The number of carbonyl (C=O) groups is 2. The first-order chi connectivity index (χ1) is 13.0. The highest BCUT2D eigenvalue weighted by molar-refractivity contribution is 5.87. The molecule has 0 aliphatic rings. The Labute approximate surface area is 158 Å². The maximum Gasteiger partial charge on any atom is 0.333 e. The Kier molecular flexibility index (Phi) is 10.7. The molecule has 0 aliphatic carbocycles. The van der Waals surface area contributed by atoms with Gasteiger partial charge in [-0.15, -0.1) is 0 Å². The molecule has 0 aliphatic heterocycles. The number of rotatable bonds is 12. The van der Waals surface area contributed by atoms with E-state index in [2.05, 4.69) is 6.58 Å². The minimum atomic E-state index is -0.489. The highest BCUT2D eigenvalue weighted by Crippen LogP contribution is 2.13. The van der Waals surface area contributed by atoms with Crippen LogP contribution in [0, 0.1) is 11.3 Å². The molecule has 0 radical (unpaired) electrons. The third-order valence-electron chi connectivity index (χ3n) is 3.06. The van der Waals surface area contributed by atoms with Crippen LogP contribution in [0.25, 0.3) is 6.08 Å². The molecule has 1 rings (SSSR count).